The zero-order valence-electron chi connectivity index (χ0n) is 23.5. The Bertz CT molecular complexity index is 969. The third kappa shape index (κ3) is 12.5. The van der Waals surface area contributed by atoms with Crippen LogP contribution < -0.4 is 5.32 Å². The third-order valence-electron chi connectivity index (χ3n) is 6.65. The van der Waals surface area contributed by atoms with E-state index in [-0.39, 0.29) is 5.91 Å². The van der Waals surface area contributed by atoms with Crippen LogP contribution >= 0.6 is 0 Å². The van der Waals surface area contributed by atoms with Crippen molar-refractivity contribution in [3.63, 3.8) is 0 Å². The summed E-state index contributed by atoms with van der Waals surface area (Å²) in [6.07, 6.45) is 15.2. The average Bonchev–Trinajstić information content (AvgIpc) is 3.38. The first kappa shape index (κ1) is 34.5. The molecule has 0 radical (unpaired) electrons. The summed E-state index contributed by atoms with van der Waals surface area (Å²) in [5.41, 5.74) is 6.31. The normalized spacial score (nSPS) is 13.1. The molecule has 0 spiro atoms. The minimum absolute atomic E-state index is 0.168. The van der Waals surface area contributed by atoms with Crippen LogP contribution in [-0.4, -0.2) is 79.7 Å². The van der Waals surface area contributed by atoms with Crippen molar-refractivity contribution in [3.05, 3.63) is 22.5 Å². The fourth-order valence-corrected chi connectivity index (χ4v) is 4.72. The molecule has 0 unspecified atom stereocenters. The Kier molecular flexibility index (Phi) is 16.1. The van der Waals surface area contributed by atoms with Gasteiger partial charge in [-0.25, -0.2) is 19.2 Å². The number of carboxylic acids is 4. The van der Waals surface area contributed by atoms with Gasteiger partial charge >= 0.3 is 23.9 Å². The van der Waals surface area contributed by atoms with E-state index in [4.69, 9.17) is 44.6 Å². The number of carbonyl (C=O) groups is 5. The SMILES string of the molecule is CCCCCN(CCCCC)CC(=O)Nc1c2c(nc3c1CCC3)CCCC2.O=C(O)C(=O)O.O=C(O)C(=O)O. The molecule has 0 fully saturated rings. The summed E-state index contributed by atoms with van der Waals surface area (Å²) in [5.74, 6) is -7.13. The largest absolute Gasteiger partial charge is 0.473 e. The molecular formula is C28H43N3O9. The highest BCUT2D eigenvalue weighted by Crippen LogP contribution is 2.35. The van der Waals surface area contributed by atoms with E-state index in [1.165, 1.54) is 80.3 Å². The maximum atomic E-state index is 13.0. The summed E-state index contributed by atoms with van der Waals surface area (Å²) < 4.78 is 0. The zero-order chi connectivity index (χ0) is 30.1. The number of hydrogen-bond acceptors (Lipinski definition) is 7. The number of aliphatic carboxylic acids is 4. The Morgan fingerprint density at radius 3 is 1.55 bits per heavy atom. The molecule has 12 heteroatoms. The molecular weight excluding hydrogens is 522 g/mol. The van der Waals surface area contributed by atoms with Crippen molar-refractivity contribution >= 4 is 35.5 Å². The highest BCUT2D eigenvalue weighted by atomic mass is 16.4. The number of aromatic nitrogens is 1. The van der Waals surface area contributed by atoms with Crippen LogP contribution in [0.1, 0.15) is 94.1 Å². The van der Waals surface area contributed by atoms with Gasteiger partial charge in [0.15, 0.2) is 0 Å². The molecule has 5 N–H and O–H groups in total. The molecule has 1 heterocycles. The topological polar surface area (TPSA) is 194 Å². The van der Waals surface area contributed by atoms with Crippen molar-refractivity contribution in [1.82, 2.24) is 9.88 Å². The Hall–Kier alpha value is -3.54. The van der Waals surface area contributed by atoms with Crippen molar-refractivity contribution in [3.8, 4) is 0 Å². The van der Waals surface area contributed by atoms with Crippen LogP contribution in [0, 0.1) is 0 Å². The fourth-order valence-electron chi connectivity index (χ4n) is 4.72. The maximum absolute atomic E-state index is 13.0. The van der Waals surface area contributed by atoms with E-state index in [9.17, 15) is 4.79 Å². The number of aryl methyl sites for hydroxylation is 2. The number of pyridine rings is 1. The van der Waals surface area contributed by atoms with Crippen LogP contribution in [0.25, 0.3) is 0 Å². The molecule has 0 atom stereocenters. The first-order valence-corrected chi connectivity index (χ1v) is 14.0. The molecule has 1 aromatic heterocycles. The van der Waals surface area contributed by atoms with Gasteiger partial charge in [-0.15, -0.1) is 0 Å². The van der Waals surface area contributed by atoms with Crippen LogP contribution in [0.2, 0.25) is 0 Å². The quantitative estimate of drug-likeness (QED) is 0.195. The molecule has 1 aromatic rings. The number of nitrogens with zero attached hydrogens (tertiary/aromatic N) is 2. The monoisotopic (exact) mass is 565 g/mol. The molecule has 1 amide bonds. The molecule has 2 aliphatic carbocycles. The van der Waals surface area contributed by atoms with Crippen LogP contribution in [0.3, 0.4) is 0 Å². The molecule has 0 aliphatic heterocycles. The summed E-state index contributed by atoms with van der Waals surface area (Å²) in [6.45, 7) is 7.08. The summed E-state index contributed by atoms with van der Waals surface area (Å²) in [6, 6.07) is 0. The second kappa shape index (κ2) is 18.7. The van der Waals surface area contributed by atoms with Gasteiger partial charge in [-0.2, -0.15) is 0 Å². The Morgan fingerprint density at radius 2 is 1.10 bits per heavy atom. The third-order valence-corrected chi connectivity index (χ3v) is 6.65. The molecule has 224 valence electrons. The number of anilines is 1. The summed E-state index contributed by atoms with van der Waals surface area (Å²) in [4.78, 5) is 56.7. The number of hydrogen-bond donors (Lipinski definition) is 5. The summed E-state index contributed by atoms with van der Waals surface area (Å²) >= 11 is 0. The van der Waals surface area contributed by atoms with Crippen LogP contribution in [0.4, 0.5) is 5.69 Å². The van der Waals surface area contributed by atoms with Crippen molar-refractivity contribution in [2.24, 2.45) is 0 Å². The molecule has 40 heavy (non-hydrogen) atoms. The smallest absolute Gasteiger partial charge is 0.414 e. The van der Waals surface area contributed by atoms with Gasteiger partial charge in [0.05, 0.1) is 12.2 Å². The first-order valence-electron chi connectivity index (χ1n) is 14.0. The lowest BCUT2D eigenvalue weighted by atomic mass is 9.92. The second-order valence-electron chi connectivity index (χ2n) is 9.86. The van der Waals surface area contributed by atoms with Crippen molar-refractivity contribution in [2.45, 2.75) is 97.3 Å². The van der Waals surface area contributed by atoms with E-state index in [0.717, 1.165) is 44.5 Å². The van der Waals surface area contributed by atoms with Crippen molar-refractivity contribution < 1.29 is 44.4 Å². The highest BCUT2D eigenvalue weighted by molar-refractivity contribution is 6.27. The lowest BCUT2D eigenvalue weighted by Gasteiger charge is -2.25. The lowest BCUT2D eigenvalue weighted by molar-refractivity contribution is -0.159. The summed E-state index contributed by atoms with van der Waals surface area (Å²) in [5, 5.41) is 32.9. The first-order chi connectivity index (χ1) is 19.0. The van der Waals surface area contributed by atoms with E-state index in [1.807, 2.05) is 0 Å². The minimum atomic E-state index is -1.82. The Labute approximate surface area is 234 Å². The predicted molar refractivity (Wildman–Crippen MR) is 148 cm³/mol. The molecule has 12 nitrogen and oxygen atoms in total. The van der Waals surface area contributed by atoms with Crippen LogP contribution in [0.5, 0.6) is 0 Å². The number of rotatable bonds is 11. The molecule has 3 rings (SSSR count). The number of carbonyl (C=O) groups excluding carboxylic acids is 1. The highest BCUT2D eigenvalue weighted by Gasteiger charge is 2.25. The van der Waals surface area contributed by atoms with Gasteiger partial charge in [-0.05, 0) is 82.0 Å². The molecule has 0 saturated carbocycles. The van der Waals surface area contributed by atoms with E-state index in [2.05, 4.69) is 24.1 Å². The zero-order valence-corrected chi connectivity index (χ0v) is 23.5. The van der Waals surface area contributed by atoms with Crippen molar-refractivity contribution in [1.29, 1.82) is 0 Å². The molecule has 0 aromatic carbocycles. The number of nitrogens with one attached hydrogen (secondary N) is 1. The molecule has 0 bridgehead atoms. The summed E-state index contributed by atoms with van der Waals surface area (Å²) in [7, 11) is 0. The minimum Gasteiger partial charge on any atom is -0.473 e. The van der Waals surface area contributed by atoms with E-state index in [0.29, 0.717) is 6.54 Å². The van der Waals surface area contributed by atoms with Crippen molar-refractivity contribution in [2.75, 3.05) is 25.0 Å². The Morgan fingerprint density at radius 1 is 0.675 bits per heavy atom. The van der Waals surface area contributed by atoms with Gasteiger partial charge in [0.1, 0.15) is 0 Å². The fraction of sp³-hybridized carbons (Fsp3) is 0.643. The molecule has 2 aliphatic rings. The number of carboxylic acid groups (broad SMARTS) is 4. The Balaban J connectivity index is 0.000000559. The van der Waals surface area contributed by atoms with Gasteiger partial charge in [0.25, 0.3) is 0 Å². The van der Waals surface area contributed by atoms with Crippen LogP contribution in [-0.2, 0) is 49.7 Å². The standard InChI is InChI=1S/C24H39N3O.2C2H2O4/c1-3-5-9-16-27(17-10-6-4-2)18-23(28)26-24-19-12-7-8-14-21(19)25-22-15-11-13-20(22)24;2*3-1(4)2(5)6/h3-18H2,1-2H3,(H,25,26,28);2*(H,3,4)(H,5,6). The average molecular weight is 566 g/mol. The van der Waals surface area contributed by atoms with Gasteiger partial charge in [0.2, 0.25) is 5.91 Å². The van der Waals surface area contributed by atoms with Gasteiger partial charge in [-0.3, -0.25) is 14.7 Å². The van der Waals surface area contributed by atoms with Crippen LogP contribution in [0.15, 0.2) is 0 Å². The number of unbranched alkanes of at least 4 members (excludes halogenated alkanes) is 4. The predicted octanol–water partition coefficient (Wildman–Crippen LogP) is 3.38. The van der Waals surface area contributed by atoms with E-state index < -0.39 is 23.9 Å². The van der Waals surface area contributed by atoms with Gasteiger partial charge in [0, 0.05) is 11.4 Å². The number of amides is 1. The second-order valence-corrected chi connectivity index (χ2v) is 9.86. The van der Waals surface area contributed by atoms with Gasteiger partial charge in [-0.1, -0.05) is 39.5 Å². The van der Waals surface area contributed by atoms with E-state index >= 15 is 0 Å². The maximum Gasteiger partial charge on any atom is 0.414 e. The molecule has 0 saturated heterocycles. The lowest BCUT2D eigenvalue weighted by Crippen LogP contribution is -2.35. The van der Waals surface area contributed by atoms with Gasteiger partial charge < -0.3 is 25.7 Å². The number of fused-ring (bicyclic) bond motifs is 2. The van der Waals surface area contributed by atoms with E-state index in [1.54, 1.807) is 0 Å².